The van der Waals surface area contributed by atoms with Gasteiger partial charge in [0.25, 0.3) is 0 Å². The Bertz CT molecular complexity index is 544. The highest BCUT2D eigenvalue weighted by Crippen LogP contribution is 2.20. The summed E-state index contributed by atoms with van der Waals surface area (Å²) in [6.45, 7) is 1.91. The van der Waals surface area contributed by atoms with E-state index in [-0.39, 0.29) is 11.4 Å². The van der Waals surface area contributed by atoms with Crippen molar-refractivity contribution in [3.05, 3.63) is 50.7 Å². The van der Waals surface area contributed by atoms with E-state index in [0.717, 1.165) is 10.7 Å². The van der Waals surface area contributed by atoms with Gasteiger partial charge >= 0.3 is 0 Å². The van der Waals surface area contributed by atoms with E-state index >= 15 is 0 Å². The quantitative estimate of drug-likeness (QED) is 0.934. The largest absolute Gasteiger partial charge is 0.392 e. The molecule has 1 heterocycles. The van der Waals surface area contributed by atoms with Crippen LogP contribution in [-0.2, 0) is 12.8 Å². The molecule has 1 aromatic carbocycles. The monoisotopic (exact) mass is 285 g/mol. The molecule has 0 bridgehead atoms. The molecule has 96 valence electrons. The smallest absolute Gasteiger partial charge is 0.145 e. The first-order valence-corrected chi connectivity index (χ1v) is 6.84. The van der Waals surface area contributed by atoms with Crippen molar-refractivity contribution in [1.29, 1.82) is 0 Å². The van der Waals surface area contributed by atoms with Crippen LogP contribution < -0.4 is 0 Å². The normalized spacial score (nSPS) is 12.7. The van der Waals surface area contributed by atoms with Crippen LogP contribution >= 0.6 is 22.9 Å². The van der Waals surface area contributed by atoms with Crippen LogP contribution in [0.4, 0.5) is 4.39 Å². The van der Waals surface area contributed by atoms with Gasteiger partial charge in [0.05, 0.1) is 21.8 Å². The van der Waals surface area contributed by atoms with Gasteiger partial charge in [0.1, 0.15) is 5.82 Å². The van der Waals surface area contributed by atoms with E-state index in [9.17, 15) is 9.50 Å². The van der Waals surface area contributed by atoms with E-state index in [1.54, 1.807) is 23.5 Å². The molecule has 18 heavy (non-hydrogen) atoms. The average Bonchev–Trinajstić information content (AvgIpc) is 2.70. The summed E-state index contributed by atoms with van der Waals surface area (Å²) < 4.78 is 13.6. The summed E-state index contributed by atoms with van der Waals surface area (Å²) in [5, 5.41) is 12.9. The number of aliphatic hydroxyl groups excluding tert-OH is 1. The molecule has 0 radical (unpaired) electrons. The second-order valence-electron chi connectivity index (χ2n) is 4.13. The first-order valence-electron chi connectivity index (χ1n) is 5.58. The molecular formula is C13H13ClFNOS. The van der Waals surface area contributed by atoms with E-state index < -0.39 is 11.9 Å². The van der Waals surface area contributed by atoms with Gasteiger partial charge in [-0.1, -0.05) is 23.7 Å². The summed E-state index contributed by atoms with van der Waals surface area (Å²) >= 11 is 7.23. The number of aromatic nitrogens is 1. The van der Waals surface area contributed by atoms with Crippen LogP contribution in [0.5, 0.6) is 0 Å². The first-order chi connectivity index (χ1) is 8.56. The Morgan fingerprint density at radius 2 is 2.22 bits per heavy atom. The van der Waals surface area contributed by atoms with Crippen LogP contribution in [-0.4, -0.2) is 16.2 Å². The number of hydrogen-bond acceptors (Lipinski definition) is 3. The molecule has 0 aliphatic carbocycles. The lowest BCUT2D eigenvalue weighted by Crippen LogP contribution is -2.15. The van der Waals surface area contributed by atoms with E-state index in [1.807, 2.05) is 12.3 Å². The summed E-state index contributed by atoms with van der Waals surface area (Å²) in [4.78, 5) is 4.27. The Kier molecular flexibility index (Phi) is 4.32. The van der Waals surface area contributed by atoms with Gasteiger partial charge in [-0.3, -0.25) is 0 Å². The molecule has 2 aromatic rings. The maximum atomic E-state index is 13.6. The summed E-state index contributed by atoms with van der Waals surface area (Å²) in [5.41, 5.74) is 1.27. The van der Waals surface area contributed by atoms with Gasteiger partial charge in [0.15, 0.2) is 0 Å². The van der Waals surface area contributed by atoms with Gasteiger partial charge in [0, 0.05) is 18.2 Å². The van der Waals surface area contributed by atoms with Crippen molar-refractivity contribution in [2.75, 3.05) is 0 Å². The van der Waals surface area contributed by atoms with E-state index in [4.69, 9.17) is 11.6 Å². The third-order valence-corrected chi connectivity index (χ3v) is 3.71. The minimum absolute atomic E-state index is 0.0872. The van der Waals surface area contributed by atoms with Crippen molar-refractivity contribution in [2.45, 2.75) is 25.9 Å². The number of aryl methyl sites for hydroxylation is 1. The van der Waals surface area contributed by atoms with Crippen molar-refractivity contribution < 1.29 is 9.50 Å². The third-order valence-electron chi connectivity index (χ3n) is 2.60. The van der Waals surface area contributed by atoms with Crippen LogP contribution in [0, 0.1) is 12.7 Å². The second-order valence-corrected chi connectivity index (χ2v) is 5.60. The Balaban J connectivity index is 2.03. The number of rotatable bonds is 4. The number of thiazole rings is 1. The molecule has 0 aliphatic rings. The SMILES string of the molecule is Cc1nc(CC(O)Cc2cccc(Cl)c2F)cs1. The molecule has 0 saturated carbocycles. The third kappa shape index (κ3) is 3.28. The summed E-state index contributed by atoms with van der Waals surface area (Å²) in [6, 6.07) is 4.81. The fourth-order valence-electron chi connectivity index (χ4n) is 1.78. The molecule has 0 spiro atoms. The molecule has 5 heteroatoms. The van der Waals surface area contributed by atoms with Gasteiger partial charge in [-0.15, -0.1) is 11.3 Å². The highest BCUT2D eigenvalue weighted by Gasteiger charge is 2.13. The molecule has 2 nitrogen and oxygen atoms in total. The van der Waals surface area contributed by atoms with Gasteiger partial charge < -0.3 is 5.11 Å². The van der Waals surface area contributed by atoms with Gasteiger partial charge in [-0.05, 0) is 18.6 Å². The zero-order chi connectivity index (χ0) is 13.1. The van der Waals surface area contributed by atoms with E-state index in [2.05, 4.69) is 4.98 Å². The molecule has 1 atom stereocenters. The Hall–Kier alpha value is -0.970. The standard InChI is InChI=1S/C13H13ClFNOS/c1-8-16-10(7-18-8)6-11(17)5-9-3-2-4-12(14)13(9)15/h2-4,7,11,17H,5-6H2,1H3. The van der Waals surface area contributed by atoms with Gasteiger partial charge in [-0.2, -0.15) is 0 Å². The lowest BCUT2D eigenvalue weighted by atomic mass is 10.0. The number of aliphatic hydroxyl groups is 1. The fraction of sp³-hybridized carbons (Fsp3) is 0.308. The molecule has 1 N–H and O–H groups in total. The van der Waals surface area contributed by atoms with Crippen LogP contribution in [0.3, 0.4) is 0 Å². The molecule has 0 amide bonds. The fourth-order valence-corrected chi connectivity index (χ4v) is 2.60. The summed E-state index contributed by atoms with van der Waals surface area (Å²) in [6.07, 6.45) is 0.0127. The van der Waals surface area contributed by atoms with Crippen molar-refractivity contribution in [3.8, 4) is 0 Å². The molecule has 1 unspecified atom stereocenters. The highest BCUT2D eigenvalue weighted by atomic mass is 35.5. The van der Waals surface area contributed by atoms with Crippen LogP contribution in [0.25, 0.3) is 0 Å². The molecule has 2 rings (SSSR count). The Morgan fingerprint density at radius 1 is 1.44 bits per heavy atom. The predicted octanol–water partition coefficient (Wildman–Crippen LogP) is 3.39. The summed E-state index contributed by atoms with van der Waals surface area (Å²) in [5.74, 6) is -0.451. The molecule has 1 aromatic heterocycles. The zero-order valence-corrected chi connectivity index (χ0v) is 11.4. The average molecular weight is 286 g/mol. The number of nitrogens with zero attached hydrogens (tertiary/aromatic N) is 1. The minimum Gasteiger partial charge on any atom is -0.392 e. The number of hydrogen-bond donors (Lipinski definition) is 1. The topological polar surface area (TPSA) is 33.1 Å². The lowest BCUT2D eigenvalue weighted by Gasteiger charge is -2.10. The van der Waals surface area contributed by atoms with E-state index in [1.165, 1.54) is 6.07 Å². The van der Waals surface area contributed by atoms with Crippen molar-refractivity contribution in [3.63, 3.8) is 0 Å². The minimum atomic E-state index is -0.653. The molecule has 0 aliphatic heterocycles. The highest BCUT2D eigenvalue weighted by molar-refractivity contribution is 7.09. The van der Waals surface area contributed by atoms with E-state index in [0.29, 0.717) is 12.0 Å². The molecule has 0 saturated heterocycles. The van der Waals surface area contributed by atoms with Crippen LogP contribution in [0.1, 0.15) is 16.3 Å². The summed E-state index contributed by atoms with van der Waals surface area (Å²) in [7, 11) is 0. The molecular weight excluding hydrogens is 273 g/mol. The number of benzene rings is 1. The zero-order valence-electron chi connectivity index (χ0n) is 9.86. The maximum Gasteiger partial charge on any atom is 0.145 e. The lowest BCUT2D eigenvalue weighted by molar-refractivity contribution is 0.173. The van der Waals surface area contributed by atoms with Gasteiger partial charge in [0.2, 0.25) is 0 Å². The van der Waals surface area contributed by atoms with Crippen molar-refractivity contribution >= 4 is 22.9 Å². The predicted molar refractivity (Wildman–Crippen MR) is 71.7 cm³/mol. The number of halogens is 2. The molecule has 0 fully saturated rings. The Labute approximate surface area is 114 Å². The van der Waals surface area contributed by atoms with Crippen LogP contribution in [0.2, 0.25) is 5.02 Å². The van der Waals surface area contributed by atoms with Crippen molar-refractivity contribution in [1.82, 2.24) is 4.98 Å². The van der Waals surface area contributed by atoms with Crippen molar-refractivity contribution in [2.24, 2.45) is 0 Å². The Morgan fingerprint density at radius 3 is 2.89 bits per heavy atom. The van der Waals surface area contributed by atoms with Crippen LogP contribution in [0.15, 0.2) is 23.6 Å². The maximum absolute atomic E-state index is 13.6. The first kappa shape index (κ1) is 13.5. The second kappa shape index (κ2) is 5.78. The van der Waals surface area contributed by atoms with Gasteiger partial charge in [-0.25, -0.2) is 9.37 Å².